The summed E-state index contributed by atoms with van der Waals surface area (Å²) in [6.45, 7) is 0. The molecule has 0 bridgehead atoms. The van der Waals surface area contributed by atoms with Gasteiger partial charge in [0.05, 0.1) is 11.1 Å². The fraction of sp³-hybridized carbons (Fsp3) is 0.455. The second-order valence-electron chi connectivity index (χ2n) is 3.72. The Kier molecular flexibility index (Phi) is 4.05. The van der Waals surface area contributed by atoms with E-state index in [-0.39, 0.29) is 6.04 Å². The topological polar surface area (TPSA) is 48.7 Å². The maximum absolute atomic E-state index is 8.97. The van der Waals surface area contributed by atoms with Crippen LogP contribution in [-0.2, 0) is 0 Å². The SMILES string of the molecule is N#CC(CSc1ncccc1Cl)NC1CC1. The Balaban J connectivity index is 1.85. The van der Waals surface area contributed by atoms with Gasteiger partial charge in [0.25, 0.3) is 0 Å². The molecule has 0 radical (unpaired) electrons. The van der Waals surface area contributed by atoms with E-state index in [1.807, 2.05) is 6.07 Å². The van der Waals surface area contributed by atoms with E-state index in [4.69, 9.17) is 16.9 Å². The van der Waals surface area contributed by atoms with Crippen LogP contribution in [0.4, 0.5) is 0 Å². The number of nitrogens with zero attached hydrogens (tertiary/aromatic N) is 2. The molecule has 0 aliphatic heterocycles. The Morgan fingerprint density at radius 1 is 1.69 bits per heavy atom. The molecule has 1 aromatic rings. The predicted molar refractivity (Wildman–Crippen MR) is 65.5 cm³/mol. The molecule has 5 heteroatoms. The van der Waals surface area contributed by atoms with Crippen molar-refractivity contribution in [1.29, 1.82) is 5.26 Å². The zero-order valence-corrected chi connectivity index (χ0v) is 10.3. The minimum Gasteiger partial charge on any atom is -0.298 e. The zero-order chi connectivity index (χ0) is 11.4. The van der Waals surface area contributed by atoms with Gasteiger partial charge >= 0.3 is 0 Å². The van der Waals surface area contributed by atoms with E-state index in [1.165, 1.54) is 24.6 Å². The third-order valence-electron chi connectivity index (χ3n) is 2.28. The van der Waals surface area contributed by atoms with Gasteiger partial charge in [0.1, 0.15) is 11.1 Å². The van der Waals surface area contributed by atoms with E-state index < -0.39 is 0 Å². The van der Waals surface area contributed by atoms with E-state index in [2.05, 4.69) is 16.4 Å². The largest absolute Gasteiger partial charge is 0.298 e. The van der Waals surface area contributed by atoms with Crippen LogP contribution in [0.15, 0.2) is 23.4 Å². The van der Waals surface area contributed by atoms with Gasteiger partial charge in [-0.15, -0.1) is 11.8 Å². The second-order valence-corrected chi connectivity index (χ2v) is 5.14. The number of hydrogen-bond donors (Lipinski definition) is 1. The molecule has 1 atom stereocenters. The van der Waals surface area contributed by atoms with Crippen LogP contribution in [0.1, 0.15) is 12.8 Å². The first kappa shape index (κ1) is 11.7. The van der Waals surface area contributed by atoms with Gasteiger partial charge in [-0.1, -0.05) is 11.6 Å². The molecule has 1 N–H and O–H groups in total. The molecule has 0 spiro atoms. The Morgan fingerprint density at radius 3 is 3.12 bits per heavy atom. The lowest BCUT2D eigenvalue weighted by Crippen LogP contribution is -2.31. The highest BCUT2D eigenvalue weighted by Crippen LogP contribution is 2.25. The summed E-state index contributed by atoms with van der Waals surface area (Å²) in [6.07, 6.45) is 4.09. The molecule has 3 nitrogen and oxygen atoms in total. The molecule has 0 aromatic carbocycles. The van der Waals surface area contributed by atoms with Crippen molar-refractivity contribution in [3.63, 3.8) is 0 Å². The second kappa shape index (κ2) is 5.53. The summed E-state index contributed by atoms with van der Waals surface area (Å²) in [4.78, 5) is 4.17. The van der Waals surface area contributed by atoms with E-state index in [1.54, 1.807) is 12.3 Å². The first-order chi connectivity index (χ1) is 7.79. The smallest absolute Gasteiger partial charge is 0.115 e. The third-order valence-corrected chi connectivity index (χ3v) is 3.80. The van der Waals surface area contributed by atoms with Gasteiger partial charge in [-0.3, -0.25) is 5.32 Å². The third kappa shape index (κ3) is 3.38. The van der Waals surface area contributed by atoms with Crippen molar-refractivity contribution in [3.8, 4) is 6.07 Å². The number of aromatic nitrogens is 1. The summed E-state index contributed by atoms with van der Waals surface area (Å²) in [5.41, 5.74) is 0. The van der Waals surface area contributed by atoms with Crippen molar-refractivity contribution in [2.75, 3.05) is 5.75 Å². The molecule has 1 fully saturated rings. The number of rotatable bonds is 5. The van der Waals surface area contributed by atoms with E-state index in [0.29, 0.717) is 16.8 Å². The highest BCUT2D eigenvalue weighted by molar-refractivity contribution is 7.99. The molecular formula is C11H12ClN3S. The quantitative estimate of drug-likeness (QED) is 0.819. The average molecular weight is 254 g/mol. The number of nitrogens with one attached hydrogen (secondary N) is 1. The molecule has 84 valence electrons. The molecule has 0 saturated heterocycles. The normalized spacial score (nSPS) is 16.8. The van der Waals surface area contributed by atoms with Gasteiger partial charge in [0.2, 0.25) is 0 Å². The fourth-order valence-electron chi connectivity index (χ4n) is 1.30. The number of pyridine rings is 1. The summed E-state index contributed by atoms with van der Waals surface area (Å²) in [5, 5.41) is 13.7. The number of hydrogen-bond acceptors (Lipinski definition) is 4. The van der Waals surface area contributed by atoms with Crippen molar-refractivity contribution in [2.45, 2.75) is 30.0 Å². The molecule has 1 aliphatic carbocycles. The van der Waals surface area contributed by atoms with Crippen LogP contribution in [0.25, 0.3) is 0 Å². The van der Waals surface area contributed by atoms with E-state index in [9.17, 15) is 0 Å². The summed E-state index contributed by atoms with van der Waals surface area (Å²) in [5.74, 6) is 0.684. The van der Waals surface area contributed by atoms with Crippen molar-refractivity contribution < 1.29 is 0 Å². The van der Waals surface area contributed by atoms with Gasteiger partial charge in [0.15, 0.2) is 0 Å². The van der Waals surface area contributed by atoms with Gasteiger partial charge in [-0.05, 0) is 25.0 Å². The van der Waals surface area contributed by atoms with Crippen LogP contribution in [0.2, 0.25) is 5.02 Å². The molecule has 1 unspecified atom stereocenters. The maximum Gasteiger partial charge on any atom is 0.115 e. The average Bonchev–Trinajstić information content (AvgIpc) is 3.10. The molecule has 0 amide bonds. The van der Waals surface area contributed by atoms with Crippen molar-refractivity contribution in [2.24, 2.45) is 0 Å². The van der Waals surface area contributed by atoms with Crippen LogP contribution in [-0.4, -0.2) is 22.8 Å². The molecule has 1 heterocycles. The zero-order valence-electron chi connectivity index (χ0n) is 8.69. The van der Waals surface area contributed by atoms with E-state index in [0.717, 1.165) is 5.03 Å². The van der Waals surface area contributed by atoms with E-state index >= 15 is 0 Å². The van der Waals surface area contributed by atoms with Crippen LogP contribution >= 0.6 is 23.4 Å². The highest BCUT2D eigenvalue weighted by atomic mass is 35.5. The lowest BCUT2D eigenvalue weighted by molar-refractivity contribution is 0.644. The molecule has 1 aliphatic rings. The number of halogens is 1. The standard InChI is InChI=1S/C11H12ClN3S/c12-10-2-1-5-14-11(10)16-7-9(6-13)15-8-3-4-8/h1-2,5,8-9,15H,3-4,7H2. The van der Waals surface area contributed by atoms with Crippen molar-refractivity contribution in [3.05, 3.63) is 23.4 Å². The fourth-order valence-corrected chi connectivity index (χ4v) is 2.42. The van der Waals surface area contributed by atoms with Crippen LogP contribution in [0.5, 0.6) is 0 Å². The van der Waals surface area contributed by atoms with Crippen LogP contribution in [0, 0.1) is 11.3 Å². The maximum atomic E-state index is 8.97. The number of nitriles is 1. The number of thioether (sulfide) groups is 1. The predicted octanol–water partition coefficient (Wildman–Crippen LogP) is 2.47. The molecule has 1 saturated carbocycles. The monoisotopic (exact) mass is 253 g/mol. The molecule has 2 rings (SSSR count). The first-order valence-electron chi connectivity index (χ1n) is 5.18. The Bertz CT molecular complexity index is 400. The summed E-state index contributed by atoms with van der Waals surface area (Å²) in [7, 11) is 0. The summed E-state index contributed by atoms with van der Waals surface area (Å²) >= 11 is 7.50. The lowest BCUT2D eigenvalue weighted by Gasteiger charge is -2.09. The van der Waals surface area contributed by atoms with Crippen molar-refractivity contribution >= 4 is 23.4 Å². The molecule has 16 heavy (non-hydrogen) atoms. The minimum atomic E-state index is -0.115. The Morgan fingerprint density at radius 2 is 2.50 bits per heavy atom. The van der Waals surface area contributed by atoms with Gasteiger partial charge in [0, 0.05) is 18.0 Å². The van der Waals surface area contributed by atoms with Crippen LogP contribution in [0.3, 0.4) is 0 Å². The van der Waals surface area contributed by atoms with Crippen LogP contribution < -0.4 is 5.32 Å². The van der Waals surface area contributed by atoms with Gasteiger partial charge in [-0.25, -0.2) is 4.98 Å². The van der Waals surface area contributed by atoms with Gasteiger partial charge < -0.3 is 0 Å². The molecule has 1 aromatic heterocycles. The Hall–Kier alpha value is -0.760. The molecular weight excluding hydrogens is 242 g/mol. The minimum absolute atomic E-state index is 0.115. The lowest BCUT2D eigenvalue weighted by atomic mass is 10.4. The van der Waals surface area contributed by atoms with Gasteiger partial charge in [-0.2, -0.15) is 5.26 Å². The first-order valence-corrected chi connectivity index (χ1v) is 6.55. The summed E-state index contributed by atoms with van der Waals surface area (Å²) in [6, 6.07) is 6.31. The Labute approximate surface area is 104 Å². The highest BCUT2D eigenvalue weighted by Gasteiger charge is 2.24. The van der Waals surface area contributed by atoms with Crippen molar-refractivity contribution in [1.82, 2.24) is 10.3 Å². The summed E-state index contributed by atoms with van der Waals surface area (Å²) < 4.78 is 0.